The normalized spacial score (nSPS) is 12.5. The van der Waals surface area contributed by atoms with E-state index in [1.54, 1.807) is 20.8 Å². The molecule has 0 fully saturated rings. The van der Waals surface area contributed by atoms with Crippen molar-refractivity contribution in [2.24, 2.45) is 0 Å². The number of non-ortho nitro benzene ring substituents is 1. The van der Waals surface area contributed by atoms with Gasteiger partial charge in [-0.25, -0.2) is 4.79 Å². The number of H-pyrrole nitrogens is 1. The van der Waals surface area contributed by atoms with Gasteiger partial charge in [0.15, 0.2) is 0 Å². The minimum absolute atomic E-state index is 0.0161. The van der Waals surface area contributed by atoms with E-state index < -0.39 is 34.2 Å². The molecule has 0 radical (unpaired) electrons. The van der Waals surface area contributed by atoms with Crippen LogP contribution in [0.1, 0.15) is 38.1 Å². The van der Waals surface area contributed by atoms with Crippen molar-refractivity contribution in [2.75, 3.05) is 0 Å². The number of nitro benzene ring substituents is 1. The number of fused-ring (bicyclic) bond motifs is 1. The molecule has 1 heterocycles. The van der Waals surface area contributed by atoms with Crippen molar-refractivity contribution in [2.45, 2.75) is 39.3 Å². The molecule has 0 aliphatic heterocycles. The Morgan fingerprint density at radius 2 is 1.92 bits per heavy atom. The zero-order valence-corrected chi connectivity index (χ0v) is 14.8. The van der Waals surface area contributed by atoms with E-state index in [1.807, 2.05) is 0 Å². The van der Waals surface area contributed by atoms with Crippen LogP contribution in [0.25, 0.3) is 10.9 Å². The summed E-state index contributed by atoms with van der Waals surface area (Å²) in [5.41, 5.74) is -0.464. The average Bonchev–Trinajstić information content (AvgIpc) is 2.95. The molecule has 0 aliphatic rings. The van der Waals surface area contributed by atoms with Crippen LogP contribution in [0.4, 0.5) is 5.69 Å². The molecule has 0 unspecified atom stereocenters. The van der Waals surface area contributed by atoms with E-state index in [1.165, 1.54) is 31.3 Å². The van der Waals surface area contributed by atoms with Gasteiger partial charge in [-0.3, -0.25) is 19.7 Å². The van der Waals surface area contributed by atoms with Crippen LogP contribution in [0.3, 0.4) is 0 Å². The van der Waals surface area contributed by atoms with Crippen LogP contribution >= 0.6 is 0 Å². The first-order valence-corrected chi connectivity index (χ1v) is 7.83. The number of nitrogens with one attached hydrogen (secondary N) is 2. The van der Waals surface area contributed by atoms with Crippen LogP contribution in [0, 0.1) is 10.1 Å². The van der Waals surface area contributed by atoms with Gasteiger partial charge >= 0.3 is 5.97 Å². The molecule has 9 heteroatoms. The number of nitro groups is 1. The fraction of sp³-hybridized carbons (Fsp3) is 0.353. The van der Waals surface area contributed by atoms with Gasteiger partial charge in [-0.05, 0) is 33.8 Å². The number of carbonyl (C=O) groups excluding carboxylic acids is 3. The second-order valence-electron chi connectivity index (χ2n) is 6.75. The smallest absolute Gasteiger partial charge is 0.328 e. The van der Waals surface area contributed by atoms with Gasteiger partial charge < -0.3 is 15.0 Å². The molecule has 1 aromatic heterocycles. The highest BCUT2D eigenvalue weighted by atomic mass is 16.6. The van der Waals surface area contributed by atoms with Crippen molar-refractivity contribution in [3.63, 3.8) is 0 Å². The fourth-order valence-electron chi connectivity index (χ4n) is 2.24. The molecule has 2 aromatic rings. The number of nitrogens with zero attached hydrogens (tertiary/aromatic N) is 1. The zero-order valence-electron chi connectivity index (χ0n) is 14.8. The third kappa shape index (κ3) is 4.24. The topological polar surface area (TPSA) is 131 Å². The van der Waals surface area contributed by atoms with Crippen LogP contribution < -0.4 is 5.32 Å². The van der Waals surface area contributed by atoms with E-state index in [0.29, 0.717) is 5.52 Å². The van der Waals surface area contributed by atoms with E-state index in [0.717, 1.165) is 0 Å². The number of hydrogen-bond acceptors (Lipinski definition) is 6. The molecular formula is C17H19N3O6. The Kier molecular flexibility index (Phi) is 5.10. The van der Waals surface area contributed by atoms with Crippen molar-refractivity contribution in [1.82, 2.24) is 10.3 Å². The third-order valence-corrected chi connectivity index (χ3v) is 3.43. The maximum atomic E-state index is 12.4. The number of ether oxygens (including phenoxy) is 1. The van der Waals surface area contributed by atoms with Crippen molar-refractivity contribution in [1.29, 1.82) is 0 Å². The molecule has 1 amide bonds. The summed E-state index contributed by atoms with van der Waals surface area (Å²) >= 11 is 0. The molecule has 138 valence electrons. The molecule has 2 rings (SSSR count). The molecule has 1 aromatic carbocycles. The Hall–Kier alpha value is -3.23. The summed E-state index contributed by atoms with van der Waals surface area (Å²) in [6, 6.07) is 2.93. The molecule has 0 aliphatic carbocycles. The largest absolute Gasteiger partial charge is 0.458 e. The lowest BCUT2D eigenvalue weighted by Crippen LogP contribution is -2.44. The Morgan fingerprint density at radius 1 is 1.27 bits per heavy atom. The molecule has 0 saturated carbocycles. The van der Waals surface area contributed by atoms with Crippen LogP contribution in [-0.4, -0.2) is 39.2 Å². The average molecular weight is 361 g/mol. The highest BCUT2D eigenvalue weighted by Crippen LogP contribution is 2.24. The quantitative estimate of drug-likeness (QED) is 0.276. The van der Waals surface area contributed by atoms with E-state index in [2.05, 4.69) is 10.3 Å². The highest BCUT2D eigenvalue weighted by molar-refractivity contribution is 6.45. The van der Waals surface area contributed by atoms with E-state index in [-0.39, 0.29) is 16.6 Å². The van der Waals surface area contributed by atoms with Gasteiger partial charge in [0.05, 0.1) is 10.5 Å². The van der Waals surface area contributed by atoms with Crippen molar-refractivity contribution < 1.29 is 24.0 Å². The second kappa shape index (κ2) is 6.95. The number of rotatable bonds is 5. The number of carbonyl (C=O) groups is 3. The summed E-state index contributed by atoms with van der Waals surface area (Å²) in [6.45, 7) is 6.45. The molecule has 0 saturated heterocycles. The molecule has 2 N–H and O–H groups in total. The molecule has 9 nitrogen and oxygen atoms in total. The first kappa shape index (κ1) is 19.1. The number of esters is 1. The molecule has 1 atom stereocenters. The van der Waals surface area contributed by atoms with Crippen molar-refractivity contribution in [3.05, 3.63) is 40.1 Å². The van der Waals surface area contributed by atoms with Gasteiger partial charge in [-0.2, -0.15) is 0 Å². The predicted molar refractivity (Wildman–Crippen MR) is 92.7 cm³/mol. The summed E-state index contributed by atoms with van der Waals surface area (Å²) in [5.74, 6) is -2.59. The summed E-state index contributed by atoms with van der Waals surface area (Å²) in [7, 11) is 0. The molecule has 0 spiro atoms. The van der Waals surface area contributed by atoms with Gasteiger partial charge in [0.2, 0.25) is 0 Å². The fourth-order valence-corrected chi connectivity index (χ4v) is 2.24. The van der Waals surface area contributed by atoms with Crippen molar-refractivity contribution in [3.8, 4) is 0 Å². The van der Waals surface area contributed by atoms with Crippen LogP contribution in [0.2, 0.25) is 0 Å². The van der Waals surface area contributed by atoms with Crippen molar-refractivity contribution >= 4 is 34.3 Å². The number of ketones is 1. The highest BCUT2D eigenvalue weighted by Gasteiger charge is 2.27. The van der Waals surface area contributed by atoms with E-state index >= 15 is 0 Å². The van der Waals surface area contributed by atoms with E-state index in [9.17, 15) is 24.5 Å². The lowest BCUT2D eigenvalue weighted by Gasteiger charge is -2.22. The Labute approximate surface area is 148 Å². The van der Waals surface area contributed by atoms with Gasteiger partial charge in [0.1, 0.15) is 11.6 Å². The monoisotopic (exact) mass is 361 g/mol. The standard InChI is InChI=1S/C17H19N3O6/c1-9(16(23)26-17(2,3)4)19-15(22)14(21)12-8-18-13-6-5-10(20(24)25)7-11(12)13/h5-9,18H,1-4H3,(H,19,22)/t9-/m0/s1. The summed E-state index contributed by atoms with van der Waals surface area (Å²) in [5, 5.41) is 13.4. The maximum Gasteiger partial charge on any atom is 0.328 e. The van der Waals surface area contributed by atoms with Gasteiger partial charge in [0.25, 0.3) is 17.4 Å². The SMILES string of the molecule is C[C@H](NC(=O)C(=O)c1c[nH]c2ccc([N+](=O)[O-])cc12)C(=O)OC(C)(C)C. The third-order valence-electron chi connectivity index (χ3n) is 3.43. The Bertz CT molecular complexity index is 894. The van der Waals surface area contributed by atoms with Gasteiger partial charge in [0, 0.05) is 29.2 Å². The number of Topliss-reactive ketones (excluding diaryl/α,β-unsaturated/α-hetero) is 1. The number of aromatic nitrogens is 1. The summed E-state index contributed by atoms with van der Waals surface area (Å²) < 4.78 is 5.14. The zero-order chi connectivity index (χ0) is 19.6. The second-order valence-corrected chi connectivity index (χ2v) is 6.75. The number of aromatic amines is 1. The Balaban J connectivity index is 2.19. The van der Waals surface area contributed by atoms with Crippen LogP contribution in [0.15, 0.2) is 24.4 Å². The minimum atomic E-state index is -1.02. The number of hydrogen-bond donors (Lipinski definition) is 2. The summed E-state index contributed by atoms with van der Waals surface area (Å²) in [6.07, 6.45) is 1.30. The van der Waals surface area contributed by atoms with Gasteiger partial charge in [-0.1, -0.05) is 0 Å². The molecule has 0 bridgehead atoms. The Morgan fingerprint density at radius 3 is 2.50 bits per heavy atom. The lowest BCUT2D eigenvalue weighted by molar-refractivity contribution is -0.384. The predicted octanol–water partition coefficient (Wildman–Crippen LogP) is 2.11. The maximum absolute atomic E-state index is 12.4. The molecule has 26 heavy (non-hydrogen) atoms. The first-order valence-electron chi connectivity index (χ1n) is 7.83. The van der Waals surface area contributed by atoms with Gasteiger partial charge in [-0.15, -0.1) is 0 Å². The summed E-state index contributed by atoms with van der Waals surface area (Å²) in [4.78, 5) is 49.6. The molecular weight excluding hydrogens is 342 g/mol. The first-order chi connectivity index (χ1) is 12.0. The number of benzene rings is 1. The van der Waals surface area contributed by atoms with E-state index in [4.69, 9.17) is 4.74 Å². The van der Waals surface area contributed by atoms with Crippen LogP contribution in [0.5, 0.6) is 0 Å². The number of amides is 1. The minimum Gasteiger partial charge on any atom is -0.458 e. The lowest BCUT2D eigenvalue weighted by atomic mass is 10.1. The van der Waals surface area contributed by atoms with Crippen LogP contribution in [-0.2, 0) is 14.3 Å².